The summed E-state index contributed by atoms with van der Waals surface area (Å²) < 4.78 is 0. The number of aryl methyl sites for hydroxylation is 1. The lowest BCUT2D eigenvalue weighted by molar-refractivity contribution is 0.864. The molecule has 2 aromatic rings. The molecular weight excluding hydrogens is 290 g/mol. The third-order valence-corrected chi connectivity index (χ3v) is 3.89. The molecule has 4 heteroatoms. The van der Waals surface area contributed by atoms with E-state index in [4.69, 9.17) is 0 Å². The standard InChI is InChI=1S/C16H19N3S.C2H6/c1-5-14-15(17-10-18-16(14)20-4)19-12(3)13-8-6-11(2)7-9-13;1-2/h5-10,12H,1H2,2-4H3,(H,17,18,19);1-2H3. The molecule has 0 aliphatic heterocycles. The Labute approximate surface area is 138 Å². The van der Waals surface area contributed by atoms with Crippen LogP contribution in [-0.4, -0.2) is 16.2 Å². The molecule has 1 N–H and O–H groups in total. The molecule has 0 fully saturated rings. The topological polar surface area (TPSA) is 37.8 Å². The molecule has 0 radical (unpaired) electrons. The van der Waals surface area contributed by atoms with E-state index in [1.54, 1.807) is 24.2 Å². The van der Waals surface area contributed by atoms with E-state index in [0.717, 1.165) is 16.4 Å². The van der Waals surface area contributed by atoms with Crippen LogP contribution in [0.2, 0.25) is 0 Å². The van der Waals surface area contributed by atoms with Gasteiger partial charge in [0.05, 0.1) is 0 Å². The molecule has 2 rings (SSSR count). The van der Waals surface area contributed by atoms with Gasteiger partial charge in [-0.3, -0.25) is 0 Å². The van der Waals surface area contributed by atoms with Crippen molar-refractivity contribution in [1.82, 2.24) is 9.97 Å². The highest BCUT2D eigenvalue weighted by atomic mass is 32.2. The van der Waals surface area contributed by atoms with Crippen LogP contribution in [0.3, 0.4) is 0 Å². The second-order valence-corrected chi connectivity index (χ2v) is 5.42. The van der Waals surface area contributed by atoms with Gasteiger partial charge in [-0.05, 0) is 25.7 Å². The molecule has 0 saturated carbocycles. The highest BCUT2D eigenvalue weighted by molar-refractivity contribution is 7.98. The molecule has 0 bridgehead atoms. The number of rotatable bonds is 5. The molecule has 0 amide bonds. The second kappa shape index (κ2) is 9.26. The van der Waals surface area contributed by atoms with Crippen molar-refractivity contribution in [3.63, 3.8) is 0 Å². The predicted octanol–water partition coefficient (Wildman–Crippen LogP) is 5.35. The van der Waals surface area contributed by atoms with Crippen LogP contribution in [-0.2, 0) is 0 Å². The van der Waals surface area contributed by atoms with Crippen molar-refractivity contribution in [2.45, 2.75) is 38.8 Å². The summed E-state index contributed by atoms with van der Waals surface area (Å²) >= 11 is 1.60. The molecule has 0 aliphatic carbocycles. The minimum atomic E-state index is 0.180. The van der Waals surface area contributed by atoms with Crippen molar-refractivity contribution in [2.24, 2.45) is 0 Å². The minimum absolute atomic E-state index is 0.180. The van der Waals surface area contributed by atoms with E-state index in [-0.39, 0.29) is 6.04 Å². The summed E-state index contributed by atoms with van der Waals surface area (Å²) in [5.41, 5.74) is 3.45. The Balaban J connectivity index is 0.00000116. The SMILES string of the molecule is C=Cc1c(NC(C)c2ccc(C)cc2)ncnc1SC.CC. The van der Waals surface area contributed by atoms with Gasteiger partial charge in [-0.1, -0.05) is 56.3 Å². The Morgan fingerprint density at radius 1 is 1.18 bits per heavy atom. The van der Waals surface area contributed by atoms with Gasteiger partial charge in [-0.25, -0.2) is 9.97 Å². The van der Waals surface area contributed by atoms with E-state index in [2.05, 4.69) is 60.0 Å². The van der Waals surface area contributed by atoms with Gasteiger partial charge in [0.2, 0.25) is 0 Å². The number of aromatic nitrogens is 2. The van der Waals surface area contributed by atoms with Crippen molar-refractivity contribution >= 4 is 23.7 Å². The monoisotopic (exact) mass is 315 g/mol. The van der Waals surface area contributed by atoms with Gasteiger partial charge in [-0.15, -0.1) is 11.8 Å². The molecule has 0 aliphatic rings. The Morgan fingerprint density at radius 3 is 2.36 bits per heavy atom. The summed E-state index contributed by atoms with van der Waals surface area (Å²) in [6, 6.07) is 8.69. The third-order valence-electron chi connectivity index (χ3n) is 3.18. The molecular formula is C18H25N3S. The Kier molecular flexibility index (Phi) is 7.67. The van der Waals surface area contributed by atoms with Crippen LogP contribution in [0.15, 0.2) is 42.2 Å². The fourth-order valence-corrected chi connectivity index (χ4v) is 2.54. The smallest absolute Gasteiger partial charge is 0.138 e. The van der Waals surface area contributed by atoms with Crippen molar-refractivity contribution in [2.75, 3.05) is 11.6 Å². The van der Waals surface area contributed by atoms with Crippen molar-refractivity contribution in [3.8, 4) is 0 Å². The summed E-state index contributed by atoms with van der Waals surface area (Å²) in [7, 11) is 0. The quantitative estimate of drug-likeness (QED) is 0.596. The van der Waals surface area contributed by atoms with Crippen LogP contribution in [0.5, 0.6) is 0 Å². The number of hydrogen-bond acceptors (Lipinski definition) is 4. The van der Waals surface area contributed by atoms with E-state index >= 15 is 0 Å². The molecule has 1 aromatic carbocycles. The highest BCUT2D eigenvalue weighted by Gasteiger charge is 2.11. The zero-order chi connectivity index (χ0) is 16.5. The molecule has 1 unspecified atom stereocenters. The predicted molar refractivity (Wildman–Crippen MR) is 98.5 cm³/mol. The van der Waals surface area contributed by atoms with Crippen LogP contribution >= 0.6 is 11.8 Å². The minimum Gasteiger partial charge on any atom is -0.363 e. The summed E-state index contributed by atoms with van der Waals surface area (Å²) in [5.74, 6) is 0.826. The number of hydrogen-bond donors (Lipinski definition) is 1. The Morgan fingerprint density at radius 2 is 1.82 bits per heavy atom. The van der Waals surface area contributed by atoms with Crippen LogP contribution in [0.1, 0.15) is 43.5 Å². The summed E-state index contributed by atoms with van der Waals surface area (Å²) in [6.07, 6.45) is 5.39. The van der Waals surface area contributed by atoms with Gasteiger partial charge in [0.25, 0.3) is 0 Å². The van der Waals surface area contributed by atoms with Crippen LogP contribution in [0, 0.1) is 6.92 Å². The van der Waals surface area contributed by atoms with Gasteiger partial charge >= 0.3 is 0 Å². The maximum absolute atomic E-state index is 4.33. The molecule has 22 heavy (non-hydrogen) atoms. The molecule has 1 heterocycles. The maximum atomic E-state index is 4.33. The summed E-state index contributed by atoms with van der Waals surface area (Å²) in [6.45, 7) is 12.1. The average molecular weight is 315 g/mol. The maximum Gasteiger partial charge on any atom is 0.138 e. The normalized spacial score (nSPS) is 11.1. The van der Waals surface area contributed by atoms with E-state index in [0.29, 0.717) is 0 Å². The largest absolute Gasteiger partial charge is 0.363 e. The fraction of sp³-hybridized carbons (Fsp3) is 0.333. The molecule has 0 spiro atoms. The number of benzene rings is 1. The average Bonchev–Trinajstić information content (AvgIpc) is 2.57. The number of nitrogens with zero attached hydrogens (tertiary/aromatic N) is 2. The van der Waals surface area contributed by atoms with E-state index in [9.17, 15) is 0 Å². The van der Waals surface area contributed by atoms with Gasteiger partial charge in [0.1, 0.15) is 17.2 Å². The van der Waals surface area contributed by atoms with Crippen molar-refractivity contribution < 1.29 is 0 Å². The lowest BCUT2D eigenvalue weighted by atomic mass is 10.1. The van der Waals surface area contributed by atoms with E-state index in [1.807, 2.05) is 20.1 Å². The number of thioether (sulfide) groups is 1. The van der Waals surface area contributed by atoms with Crippen LogP contribution < -0.4 is 5.32 Å². The third kappa shape index (κ3) is 4.60. The van der Waals surface area contributed by atoms with E-state index < -0.39 is 0 Å². The fourth-order valence-electron chi connectivity index (χ4n) is 1.98. The first kappa shape index (κ1) is 18.2. The molecule has 118 valence electrons. The van der Waals surface area contributed by atoms with Gasteiger partial charge in [0, 0.05) is 11.6 Å². The zero-order valence-electron chi connectivity index (χ0n) is 14.1. The van der Waals surface area contributed by atoms with Crippen LogP contribution in [0.25, 0.3) is 6.08 Å². The summed E-state index contributed by atoms with van der Waals surface area (Å²) in [5, 5.41) is 4.37. The first-order valence-corrected chi connectivity index (χ1v) is 8.72. The lowest BCUT2D eigenvalue weighted by Gasteiger charge is -2.17. The van der Waals surface area contributed by atoms with Crippen molar-refractivity contribution in [3.05, 3.63) is 53.9 Å². The van der Waals surface area contributed by atoms with Gasteiger partial charge in [-0.2, -0.15) is 0 Å². The number of anilines is 1. The van der Waals surface area contributed by atoms with Gasteiger partial charge < -0.3 is 5.32 Å². The lowest BCUT2D eigenvalue weighted by Crippen LogP contribution is -2.10. The Hall–Kier alpha value is -1.81. The second-order valence-electron chi connectivity index (χ2n) is 4.63. The molecule has 1 aromatic heterocycles. The first-order valence-electron chi connectivity index (χ1n) is 7.50. The number of nitrogens with one attached hydrogen (secondary N) is 1. The highest BCUT2D eigenvalue weighted by Crippen LogP contribution is 2.27. The molecule has 3 nitrogen and oxygen atoms in total. The van der Waals surface area contributed by atoms with Gasteiger partial charge in [0.15, 0.2) is 0 Å². The van der Waals surface area contributed by atoms with E-state index in [1.165, 1.54) is 11.1 Å². The Bertz CT molecular complexity index is 594. The zero-order valence-corrected chi connectivity index (χ0v) is 14.9. The first-order chi connectivity index (χ1) is 10.7. The van der Waals surface area contributed by atoms with Crippen molar-refractivity contribution in [1.29, 1.82) is 0 Å². The summed E-state index contributed by atoms with van der Waals surface area (Å²) in [4.78, 5) is 8.60. The molecule has 1 atom stereocenters. The van der Waals surface area contributed by atoms with Crippen LogP contribution in [0.4, 0.5) is 5.82 Å². The molecule has 0 saturated heterocycles.